The lowest BCUT2D eigenvalue weighted by Gasteiger charge is -2.16. The van der Waals surface area contributed by atoms with Gasteiger partial charge in [0.05, 0.1) is 22.7 Å². The number of nitriles is 2. The Hall–Kier alpha value is -1.56. The van der Waals surface area contributed by atoms with E-state index in [9.17, 15) is 4.79 Å². The molecule has 0 fully saturated rings. The van der Waals surface area contributed by atoms with Crippen LogP contribution in [0.5, 0.6) is 0 Å². The Labute approximate surface area is 112 Å². The lowest BCUT2D eigenvalue weighted by Crippen LogP contribution is -2.32. The lowest BCUT2D eigenvalue weighted by molar-refractivity contribution is 0.0795. The fourth-order valence-electron chi connectivity index (χ4n) is 1.21. The smallest absolute Gasteiger partial charge is 0.257 e. The molecule has 1 aromatic carbocycles. The maximum Gasteiger partial charge on any atom is 0.257 e. The van der Waals surface area contributed by atoms with Crippen LogP contribution < -0.4 is 0 Å². The number of hydrogen-bond donors (Lipinski definition) is 0. The minimum absolute atomic E-state index is 0.144. The molecule has 0 heterocycles. The van der Waals surface area contributed by atoms with Crippen LogP contribution in [-0.2, 0) is 0 Å². The molecule has 1 amide bonds. The van der Waals surface area contributed by atoms with Crippen molar-refractivity contribution in [3.63, 3.8) is 0 Å². The summed E-state index contributed by atoms with van der Waals surface area (Å²) in [4.78, 5) is 13.1. The SMILES string of the molecule is N#CCN(CC#N)C(=O)c1cccc(Br)c1Cl. The Morgan fingerprint density at radius 1 is 1.35 bits per heavy atom. The standard InChI is InChI=1S/C11H7BrClN3O/c12-9-3-1-2-8(10(9)13)11(17)16(6-4-14)7-5-15/h1-3H,6-7H2. The highest BCUT2D eigenvalue weighted by Gasteiger charge is 2.18. The molecule has 0 unspecified atom stereocenters. The summed E-state index contributed by atoms with van der Waals surface area (Å²) < 4.78 is 0.596. The van der Waals surface area contributed by atoms with Crippen LogP contribution in [-0.4, -0.2) is 23.9 Å². The summed E-state index contributed by atoms with van der Waals surface area (Å²) in [5.41, 5.74) is 0.270. The molecule has 1 aromatic rings. The fourth-order valence-corrected chi connectivity index (χ4v) is 1.78. The second-order valence-electron chi connectivity index (χ2n) is 3.08. The van der Waals surface area contributed by atoms with E-state index in [-0.39, 0.29) is 23.7 Å². The van der Waals surface area contributed by atoms with Gasteiger partial charge in [0.25, 0.3) is 5.91 Å². The van der Waals surface area contributed by atoms with Crippen LogP contribution in [0.4, 0.5) is 0 Å². The summed E-state index contributed by atoms with van der Waals surface area (Å²) in [6.07, 6.45) is 0. The molecule has 0 N–H and O–H groups in total. The van der Waals surface area contributed by atoms with Crippen molar-refractivity contribution in [3.05, 3.63) is 33.3 Å². The van der Waals surface area contributed by atoms with Crippen molar-refractivity contribution < 1.29 is 4.79 Å². The number of carbonyl (C=O) groups is 1. The second-order valence-corrected chi connectivity index (χ2v) is 4.31. The highest BCUT2D eigenvalue weighted by molar-refractivity contribution is 9.10. The largest absolute Gasteiger partial charge is 0.312 e. The summed E-state index contributed by atoms with van der Waals surface area (Å²) in [6.45, 7) is -0.287. The van der Waals surface area contributed by atoms with E-state index >= 15 is 0 Å². The zero-order chi connectivity index (χ0) is 12.8. The van der Waals surface area contributed by atoms with Crippen LogP contribution in [0.1, 0.15) is 10.4 Å². The molecular formula is C11H7BrClN3O. The Morgan fingerprint density at radius 3 is 2.47 bits per heavy atom. The van der Waals surface area contributed by atoms with Gasteiger partial charge in [-0.2, -0.15) is 10.5 Å². The Bertz CT molecular complexity index is 502. The number of halogens is 2. The number of benzene rings is 1. The first-order chi connectivity index (χ1) is 8.11. The predicted molar refractivity (Wildman–Crippen MR) is 66.3 cm³/mol. The van der Waals surface area contributed by atoms with E-state index in [1.165, 1.54) is 0 Å². The normalized spacial score (nSPS) is 9.18. The van der Waals surface area contributed by atoms with Crippen LogP contribution in [0.3, 0.4) is 0 Å². The Balaban J connectivity index is 3.07. The minimum atomic E-state index is -0.431. The molecule has 0 saturated carbocycles. The monoisotopic (exact) mass is 311 g/mol. The maximum absolute atomic E-state index is 12.0. The average molecular weight is 313 g/mol. The van der Waals surface area contributed by atoms with Crippen molar-refractivity contribution in [2.24, 2.45) is 0 Å². The van der Waals surface area contributed by atoms with E-state index in [0.717, 1.165) is 4.90 Å². The third-order valence-electron chi connectivity index (χ3n) is 1.99. The molecule has 0 bridgehead atoms. The molecule has 0 atom stereocenters. The van der Waals surface area contributed by atoms with Gasteiger partial charge in [0.15, 0.2) is 0 Å². The fraction of sp³-hybridized carbons (Fsp3) is 0.182. The Morgan fingerprint density at radius 2 is 1.94 bits per heavy atom. The number of nitrogens with zero attached hydrogens (tertiary/aromatic N) is 3. The molecule has 4 nitrogen and oxygen atoms in total. The molecule has 6 heteroatoms. The molecule has 0 aliphatic heterocycles. The molecule has 0 aliphatic rings. The van der Waals surface area contributed by atoms with E-state index in [2.05, 4.69) is 15.9 Å². The van der Waals surface area contributed by atoms with Crippen LogP contribution in [0, 0.1) is 22.7 Å². The van der Waals surface area contributed by atoms with Crippen molar-refractivity contribution in [3.8, 4) is 12.1 Å². The third-order valence-corrected chi connectivity index (χ3v) is 3.29. The molecule has 86 valence electrons. The number of amides is 1. The summed E-state index contributed by atoms with van der Waals surface area (Å²) in [5, 5.41) is 17.5. The van der Waals surface area contributed by atoms with E-state index in [4.69, 9.17) is 22.1 Å². The van der Waals surface area contributed by atoms with Gasteiger partial charge >= 0.3 is 0 Å². The van der Waals surface area contributed by atoms with Crippen molar-refractivity contribution >= 4 is 33.4 Å². The van der Waals surface area contributed by atoms with Gasteiger partial charge < -0.3 is 4.90 Å². The van der Waals surface area contributed by atoms with Gasteiger partial charge in [-0.1, -0.05) is 17.7 Å². The Kier molecular flexibility index (Phi) is 4.96. The highest BCUT2D eigenvalue weighted by atomic mass is 79.9. The first-order valence-electron chi connectivity index (χ1n) is 4.59. The zero-order valence-electron chi connectivity index (χ0n) is 8.65. The van der Waals surface area contributed by atoms with Crippen LogP contribution >= 0.6 is 27.5 Å². The molecule has 0 radical (unpaired) electrons. The maximum atomic E-state index is 12.0. The number of carbonyl (C=O) groups excluding carboxylic acids is 1. The van der Waals surface area contributed by atoms with E-state index in [1.54, 1.807) is 18.2 Å². The second kappa shape index (κ2) is 6.24. The van der Waals surface area contributed by atoms with E-state index in [0.29, 0.717) is 4.47 Å². The van der Waals surface area contributed by atoms with Gasteiger partial charge in [0.1, 0.15) is 13.1 Å². The number of rotatable bonds is 3. The van der Waals surface area contributed by atoms with E-state index < -0.39 is 5.91 Å². The molecule has 0 aliphatic carbocycles. The average Bonchev–Trinajstić information content (AvgIpc) is 2.31. The minimum Gasteiger partial charge on any atom is -0.312 e. The van der Waals surface area contributed by atoms with Gasteiger partial charge in [-0.25, -0.2) is 0 Å². The van der Waals surface area contributed by atoms with Gasteiger partial charge in [-0.05, 0) is 28.1 Å². The van der Waals surface area contributed by atoms with Crippen molar-refractivity contribution in [1.29, 1.82) is 10.5 Å². The topological polar surface area (TPSA) is 67.9 Å². The third kappa shape index (κ3) is 3.20. The van der Waals surface area contributed by atoms with Crippen LogP contribution in [0.2, 0.25) is 5.02 Å². The molecular weight excluding hydrogens is 305 g/mol. The van der Waals surface area contributed by atoms with Crippen molar-refractivity contribution in [2.45, 2.75) is 0 Å². The molecule has 17 heavy (non-hydrogen) atoms. The van der Waals surface area contributed by atoms with Gasteiger partial charge in [0.2, 0.25) is 0 Å². The first kappa shape index (κ1) is 13.5. The number of hydrogen-bond acceptors (Lipinski definition) is 3. The molecule has 0 aromatic heterocycles. The molecule has 1 rings (SSSR count). The van der Waals surface area contributed by atoms with Crippen molar-refractivity contribution in [2.75, 3.05) is 13.1 Å². The highest BCUT2D eigenvalue weighted by Crippen LogP contribution is 2.26. The molecule has 0 spiro atoms. The summed E-state index contributed by atoms with van der Waals surface area (Å²) in [5.74, 6) is -0.431. The van der Waals surface area contributed by atoms with Gasteiger partial charge in [-0.15, -0.1) is 0 Å². The summed E-state index contributed by atoms with van der Waals surface area (Å²) in [6, 6.07) is 8.60. The summed E-state index contributed by atoms with van der Waals surface area (Å²) in [7, 11) is 0. The van der Waals surface area contributed by atoms with Crippen LogP contribution in [0.25, 0.3) is 0 Å². The summed E-state index contributed by atoms with van der Waals surface area (Å²) >= 11 is 9.18. The first-order valence-corrected chi connectivity index (χ1v) is 5.76. The lowest BCUT2D eigenvalue weighted by atomic mass is 10.2. The van der Waals surface area contributed by atoms with Crippen LogP contribution in [0.15, 0.2) is 22.7 Å². The van der Waals surface area contributed by atoms with Gasteiger partial charge in [-0.3, -0.25) is 4.79 Å². The molecule has 0 saturated heterocycles. The van der Waals surface area contributed by atoms with Crippen molar-refractivity contribution in [1.82, 2.24) is 4.90 Å². The van der Waals surface area contributed by atoms with E-state index in [1.807, 2.05) is 12.1 Å². The quantitative estimate of drug-likeness (QED) is 0.806. The zero-order valence-corrected chi connectivity index (χ0v) is 11.0. The predicted octanol–water partition coefficient (Wildman–Crippen LogP) is 2.59. The van der Waals surface area contributed by atoms with Gasteiger partial charge in [0, 0.05) is 4.47 Å².